The Kier molecular flexibility index (Phi) is 3.86. The van der Waals surface area contributed by atoms with Gasteiger partial charge in [-0.25, -0.2) is 4.68 Å². The second-order valence-corrected chi connectivity index (χ2v) is 4.65. The van der Waals surface area contributed by atoms with Gasteiger partial charge in [0.25, 0.3) is 0 Å². The zero-order valence-electron chi connectivity index (χ0n) is 9.55. The topological polar surface area (TPSA) is 69.6 Å². The average molecular weight is 296 g/mol. The molecular weight excluding hydrogens is 282 g/mol. The van der Waals surface area contributed by atoms with E-state index in [0.29, 0.717) is 0 Å². The van der Waals surface area contributed by atoms with Crippen LogP contribution in [0.1, 0.15) is 23.7 Å². The summed E-state index contributed by atoms with van der Waals surface area (Å²) in [7, 11) is 1.84. The number of hydrogen-bond acceptors (Lipinski definition) is 4. The maximum Gasteiger partial charge on any atom is 0.153 e. The van der Waals surface area contributed by atoms with Gasteiger partial charge in [0, 0.05) is 25.5 Å². The van der Waals surface area contributed by atoms with E-state index in [1.165, 1.54) is 5.56 Å². The van der Waals surface area contributed by atoms with Crippen LogP contribution >= 0.6 is 15.9 Å². The van der Waals surface area contributed by atoms with Crippen molar-refractivity contribution in [3.8, 4) is 0 Å². The third-order valence-electron chi connectivity index (χ3n) is 2.64. The molecule has 1 unspecified atom stereocenters. The van der Waals surface area contributed by atoms with E-state index in [1.54, 1.807) is 10.9 Å². The number of aromatic nitrogens is 4. The quantitative estimate of drug-likeness (QED) is 0.930. The van der Waals surface area contributed by atoms with Crippen molar-refractivity contribution in [3.05, 3.63) is 40.4 Å². The van der Waals surface area contributed by atoms with Crippen molar-refractivity contribution >= 4 is 15.9 Å². The minimum absolute atomic E-state index is 0.0791. The van der Waals surface area contributed by atoms with Gasteiger partial charge < -0.3 is 5.73 Å². The fourth-order valence-corrected chi connectivity index (χ4v) is 2.36. The largest absolute Gasteiger partial charge is 0.323 e. The minimum Gasteiger partial charge on any atom is -0.323 e. The van der Waals surface area contributed by atoms with E-state index < -0.39 is 0 Å². The molecule has 0 saturated heterocycles. The first-order chi connectivity index (χ1) is 8.18. The summed E-state index contributed by atoms with van der Waals surface area (Å²) in [6.07, 6.45) is 5.37. The molecule has 90 valence electrons. The molecule has 0 aromatic carbocycles. The number of rotatable bonds is 4. The fraction of sp³-hybridized carbons (Fsp3) is 0.364. The SMILES string of the molecule is Cn1nnc(Br)c1C(N)CCc1cccnc1. The summed E-state index contributed by atoms with van der Waals surface area (Å²) >= 11 is 3.36. The molecular formula is C11H14BrN5. The van der Waals surface area contributed by atoms with Crippen molar-refractivity contribution < 1.29 is 0 Å². The van der Waals surface area contributed by atoms with Crippen LogP contribution in [0, 0.1) is 0 Å². The van der Waals surface area contributed by atoms with E-state index in [1.807, 2.05) is 19.3 Å². The Labute approximate surface area is 108 Å². The number of nitrogens with zero attached hydrogens (tertiary/aromatic N) is 4. The fourth-order valence-electron chi connectivity index (χ4n) is 1.74. The second kappa shape index (κ2) is 5.37. The molecule has 5 nitrogen and oxygen atoms in total. The maximum atomic E-state index is 6.14. The first-order valence-electron chi connectivity index (χ1n) is 5.38. The van der Waals surface area contributed by atoms with Gasteiger partial charge in [0.05, 0.1) is 5.69 Å². The lowest BCUT2D eigenvalue weighted by molar-refractivity contribution is 0.575. The summed E-state index contributed by atoms with van der Waals surface area (Å²) in [6.45, 7) is 0. The van der Waals surface area contributed by atoms with E-state index in [-0.39, 0.29) is 6.04 Å². The molecule has 0 bridgehead atoms. The molecule has 2 rings (SSSR count). The van der Waals surface area contributed by atoms with Crippen LogP contribution in [0.5, 0.6) is 0 Å². The Morgan fingerprint density at radius 1 is 1.53 bits per heavy atom. The maximum absolute atomic E-state index is 6.14. The van der Waals surface area contributed by atoms with Gasteiger partial charge in [-0.05, 0) is 40.4 Å². The van der Waals surface area contributed by atoms with E-state index >= 15 is 0 Å². The normalized spacial score (nSPS) is 12.6. The standard InChI is InChI=1S/C11H14BrN5/c1-17-10(11(12)15-16-17)9(13)5-4-8-3-2-6-14-7-8/h2-3,6-7,9H,4-5,13H2,1H3. The third-order valence-corrected chi connectivity index (χ3v) is 3.21. The summed E-state index contributed by atoms with van der Waals surface area (Å²) in [4.78, 5) is 4.08. The molecule has 0 aliphatic heterocycles. The van der Waals surface area contributed by atoms with Gasteiger partial charge in [-0.2, -0.15) is 0 Å². The predicted octanol–water partition coefficient (Wildman–Crippen LogP) is 1.61. The Bertz CT molecular complexity index is 462. The molecule has 2 aromatic heterocycles. The van der Waals surface area contributed by atoms with Crippen molar-refractivity contribution in [2.24, 2.45) is 12.8 Å². The molecule has 1 atom stereocenters. The minimum atomic E-state index is -0.0791. The zero-order chi connectivity index (χ0) is 12.3. The highest BCUT2D eigenvalue weighted by atomic mass is 79.9. The average Bonchev–Trinajstić information content (AvgIpc) is 2.67. The predicted molar refractivity (Wildman–Crippen MR) is 68.2 cm³/mol. The number of hydrogen-bond donors (Lipinski definition) is 1. The van der Waals surface area contributed by atoms with Gasteiger partial charge in [0.15, 0.2) is 4.60 Å². The lowest BCUT2D eigenvalue weighted by atomic mass is 10.1. The zero-order valence-corrected chi connectivity index (χ0v) is 11.1. The Morgan fingerprint density at radius 3 is 2.94 bits per heavy atom. The summed E-state index contributed by atoms with van der Waals surface area (Å²) in [5.41, 5.74) is 8.25. The summed E-state index contributed by atoms with van der Waals surface area (Å²) in [5, 5.41) is 7.85. The molecule has 17 heavy (non-hydrogen) atoms. The molecule has 2 heterocycles. The highest BCUT2D eigenvalue weighted by molar-refractivity contribution is 9.10. The summed E-state index contributed by atoms with van der Waals surface area (Å²) in [5.74, 6) is 0. The van der Waals surface area contributed by atoms with Crippen LogP contribution in [0.2, 0.25) is 0 Å². The van der Waals surface area contributed by atoms with E-state index in [4.69, 9.17) is 5.73 Å². The number of aryl methyl sites for hydroxylation is 2. The molecule has 0 radical (unpaired) electrons. The number of halogens is 1. The van der Waals surface area contributed by atoms with Crippen molar-refractivity contribution in [1.29, 1.82) is 0 Å². The van der Waals surface area contributed by atoms with Gasteiger partial charge in [-0.1, -0.05) is 11.3 Å². The lowest BCUT2D eigenvalue weighted by Crippen LogP contribution is -2.16. The first-order valence-corrected chi connectivity index (χ1v) is 6.17. The van der Waals surface area contributed by atoms with Gasteiger partial charge in [-0.3, -0.25) is 4.98 Å². The summed E-state index contributed by atoms with van der Waals surface area (Å²) in [6, 6.07) is 3.91. The van der Waals surface area contributed by atoms with Crippen molar-refractivity contribution in [2.75, 3.05) is 0 Å². The molecule has 0 fully saturated rings. The van der Waals surface area contributed by atoms with Crippen LogP contribution < -0.4 is 5.73 Å². The molecule has 2 aromatic rings. The molecule has 0 aliphatic rings. The van der Waals surface area contributed by atoms with E-state index in [2.05, 4.69) is 37.3 Å². The molecule has 0 spiro atoms. The van der Waals surface area contributed by atoms with Crippen LogP contribution in [0.4, 0.5) is 0 Å². The molecule has 0 aliphatic carbocycles. The van der Waals surface area contributed by atoms with Crippen molar-refractivity contribution in [3.63, 3.8) is 0 Å². The highest BCUT2D eigenvalue weighted by Gasteiger charge is 2.15. The number of pyridine rings is 1. The Morgan fingerprint density at radius 2 is 2.35 bits per heavy atom. The van der Waals surface area contributed by atoms with Crippen molar-refractivity contribution in [1.82, 2.24) is 20.0 Å². The van der Waals surface area contributed by atoms with Crippen LogP contribution in [-0.2, 0) is 13.5 Å². The van der Waals surface area contributed by atoms with Crippen LogP contribution in [0.15, 0.2) is 29.1 Å². The molecule has 2 N–H and O–H groups in total. The summed E-state index contributed by atoms with van der Waals surface area (Å²) < 4.78 is 2.43. The van der Waals surface area contributed by atoms with Gasteiger partial charge in [0.2, 0.25) is 0 Å². The smallest absolute Gasteiger partial charge is 0.153 e. The molecule has 6 heteroatoms. The second-order valence-electron chi connectivity index (χ2n) is 3.90. The monoisotopic (exact) mass is 295 g/mol. The molecule has 0 amide bonds. The third kappa shape index (κ3) is 2.89. The Hall–Kier alpha value is -1.27. The van der Waals surface area contributed by atoms with Crippen molar-refractivity contribution in [2.45, 2.75) is 18.9 Å². The van der Waals surface area contributed by atoms with Gasteiger partial charge >= 0.3 is 0 Å². The van der Waals surface area contributed by atoms with Gasteiger partial charge in [0.1, 0.15) is 0 Å². The van der Waals surface area contributed by atoms with E-state index in [0.717, 1.165) is 23.1 Å². The highest BCUT2D eigenvalue weighted by Crippen LogP contribution is 2.22. The van der Waals surface area contributed by atoms with Crippen LogP contribution in [-0.4, -0.2) is 20.0 Å². The van der Waals surface area contributed by atoms with E-state index in [9.17, 15) is 0 Å². The number of nitrogens with two attached hydrogens (primary N) is 1. The van der Waals surface area contributed by atoms with Gasteiger partial charge in [-0.15, -0.1) is 5.10 Å². The lowest BCUT2D eigenvalue weighted by Gasteiger charge is -2.11. The molecule has 0 saturated carbocycles. The van der Waals surface area contributed by atoms with Crippen LogP contribution in [0.3, 0.4) is 0 Å². The van der Waals surface area contributed by atoms with Crippen LogP contribution in [0.25, 0.3) is 0 Å². The Balaban J connectivity index is 2.01. The first kappa shape index (κ1) is 12.2.